The van der Waals surface area contributed by atoms with Crippen molar-refractivity contribution < 1.29 is 9.59 Å². The fraction of sp³-hybridized carbons (Fsp3) is 0.286. The third-order valence-electron chi connectivity index (χ3n) is 3.55. The number of fused-ring (bicyclic) bond motifs is 1. The van der Waals surface area contributed by atoms with Crippen molar-refractivity contribution in [1.82, 2.24) is 4.90 Å². The summed E-state index contributed by atoms with van der Waals surface area (Å²) in [5.74, 6) is 0.00895. The molecule has 3 nitrogen and oxygen atoms in total. The number of nitrogens with zero attached hydrogens (tertiary/aromatic N) is 1. The minimum absolute atomic E-state index is 0.139. The summed E-state index contributed by atoms with van der Waals surface area (Å²) < 4.78 is 0. The van der Waals surface area contributed by atoms with Gasteiger partial charge >= 0.3 is 0 Å². The van der Waals surface area contributed by atoms with Crippen LogP contribution in [0.5, 0.6) is 0 Å². The number of carbonyl (C=O) groups is 2. The van der Waals surface area contributed by atoms with Gasteiger partial charge in [-0.3, -0.25) is 14.5 Å². The largest absolute Gasteiger partial charge is 0.275 e. The Morgan fingerprint density at radius 1 is 1.29 bits per heavy atom. The van der Waals surface area contributed by atoms with E-state index in [9.17, 15) is 9.59 Å². The quantitative estimate of drug-likeness (QED) is 0.720. The van der Waals surface area contributed by atoms with Gasteiger partial charge in [0, 0.05) is 24.1 Å². The molecule has 2 amide bonds. The molecule has 1 atom stereocenters. The van der Waals surface area contributed by atoms with E-state index in [4.69, 9.17) is 0 Å². The van der Waals surface area contributed by atoms with Crippen LogP contribution in [0.15, 0.2) is 35.9 Å². The Labute approximate surface area is 99.7 Å². The van der Waals surface area contributed by atoms with E-state index in [0.29, 0.717) is 18.0 Å². The summed E-state index contributed by atoms with van der Waals surface area (Å²) in [5, 5.41) is 0. The zero-order chi connectivity index (χ0) is 12.0. The van der Waals surface area contributed by atoms with Crippen LogP contribution in [0.3, 0.4) is 0 Å². The van der Waals surface area contributed by atoms with Crippen LogP contribution in [0.4, 0.5) is 0 Å². The van der Waals surface area contributed by atoms with E-state index >= 15 is 0 Å². The van der Waals surface area contributed by atoms with Gasteiger partial charge in [0.05, 0.1) is 0 Å². The molecule has 0 saturated heterocycles. The fourth-order valence-electron chi connectivity index (χ4n) is 2.56. The van der Waals surface area contributed by atoms with Crippen molar-refractivity contribution in [2.24, 2.45) is 0 Å². The first-order valence-electron chi connectivity index (χ1n) is 5.79. The average molecular weight is 227 g/mol. The summed E-state index contributed by atoms with van der Waals surface area (Å²) in [6.45, 7) is 2.21. The Morgan fingerprint density at radius 2 is 2.06 bits per heavy atom. The lowest BCUT2D eigenvalue weighted by atomic mass is 9.77. The molecule has 1 aromatic rings. The van der Waals surface area contributed by atoms with Crippen molar-refractivity contribution in [2.45, 2.75) is 19.3 Å². The van der Waals surface area contributed by atoms with Crippen LogP contribution in [0.25, 0.3) is 0 Å². The van der Waals surface area contributed by atoms with Gasteiger partial charge in [-0.25, -0.2) is 0 Å². The monoisotopic (exact) mass is 227 g/mol. The van der Waals surface area contributed by atoms with Gasteiger partial charge in [-0.15, -0.1) is 0 Å². The molecule has 3 heteroatoms. The highest BCUT2D eigenvalue weighted by molar-refractivity contribution is 6.15. The zero-order valence-electron chi connectivity index (χ0n) is 9.64. The van der Waals surface area contributed by atoms with Gasteiger partial charge in [-0.1, -0.05) is 24.3 Å². The van der Waals surface area contributed by atoms with Crippen molar-refractivity contribution in [1.29, 1.82) is 0 Å². The number of hydrogen-bond acceptors (Lipinski definition) is 2. The molecule has 0 fully saturated rings. The van der Waals surface area contributed by atoms with Gasteiger partial charge in [-0.05, 0) is 24.5 Å². The Balaban J connectivity index is 1.76. The van der Waals surface area contributed by atoms with E-state index in [-0.39, 0.29) is 11.8 Å². The van der Waals surface area contributed by atoms with Crippen LogP contribution in [0.2, 0.25) is 0 Å². The van der Waals surface area contributed by atoms with Crippen molar-refractivity contribution in [3.05, 3.63) is 47.0 Å². The summed E-state index contributed by atoms with van der Waals surface area (Å²) in [4.78, 5) is 24.7. The zero-order valence-corrected chi connectivity index (χ0v) is 9.64. The summed E-state index contributed by atoms with van der Waals surface area (Å²) in [7, 11) is 0. The molecule has 0 aromatic heterocycles. The topological polar surface area (TPSA) is 37.4 Å². The van der Waals surface area contributed by atoms with E-state index < -0.39 is 0 Å². The lowest BCUT2D eigenvalue weighted by Crippen LogP contribution is -2.37. The van der Waals surface area contributed by atoms with Gasteiger partial charge in [0.25, 0.3) is 11.8 Å². The summed E-state index contributed by atoms with van der Waals surface area (Å²) in [6, 6.07) is 8.20. The lowest BCUT2D eigenvalue weighted by molar-refractivity contribution is -0.137. The van der Waals surface area contributed by atoms with Crippen molar-refractivity contribution >= 4 is 11.8 Å². The molecule has 1 heterocycles. The molecule has 1 aromatic carbocycles. The van der Waals surface area contributed by atoms with Crippen LogP contribution in [0.1, 0.15) is 24.0 Å². The second-order valence-electron chi connectivity index (χ2n) is 4.68. The molecule has 0 N–H and O–H groups in total. The maximum Gasteiger partial charge on any atom is 0.256 e. The van der Waals surface area contributed by atoms with Crippen LogP contribution >= 0.6 is 0 Å². The number of hydrogen-bond donors (Lipinski definition) is 0. The molecule has 1 aliphatic heterocycles. The molecule has 1 aliphatic carbocycles. The van der Waals surface area contributed by atoms with E-state index in [1.807, 2.05) is 12.1 Å². The van der Waals surface area contributed by atoms with E-state index in [2.05, 4.69) is 12.1 Å². The third-order valence-corrected chi connectivity index (χ3v) is 3.55. The van der Waals surface area contributed by atoms with E-state index in [1.165, 1.54) is 22.1 Å². The molecule has 1 unspecified atom stereocenters. The van der Waals surface area contributed by atoms with Gasteiger partial charge in [0.15, 0.2) is 0 Å². The highest BCUT2D eigenvalue weighted by atomic mass is 16.2. The first-order valence-corrected chi connectivity index (χ1v) is 5.79. The van der Waals surface area contributed by atoms with Crippen molar-refractivity contribution in [3.63, 3.8) is 0 Å². The highest BCUT2D eigenvalue weighted by Crippen LogP contribution is 2.36. The maximum absolute atomic E-state index is 11.7. The Hall–Kier alpha value is -1.90. The number of rotatable bonds is 2. The second kappa shape index (κ2) is 3.55. The number of amides is 2. The molecule has 2 aliphatic rings. The smallest absolute Gasteiger partial charge is 0.256 e. The average Bonchev–Trinajstić information content (AvgIpc) is 2.52. The molecular formula is C14H13NO2. The second-order valence-corrected chi connectivity index (χ2v) is 4.68. The van der Waals surface area contributed by atoms with Gasteiger partial charge in [0.1, 0.15) is 0 Å². The van der Waals surface area contributed by atoms with Crippen molar-refractivity contribution in [3.8, 4) is 0 Å². The maximum atomic E-state index is 11.7. The predicted molar refractivity (Wildman–Crippen MR) is 63.4 cm³/mol. The third kappa shape index (κ3) is 1.50. The molecule has 0 saturated carbocycles. The first-order chi connectivity index (χ1) is 8.16. The molecule has 3 rings (SSSR count). The molecule has 17 heavy (non-hydrogen) atoms. The summed E-state index contributed by atoms with van der Waals surface area (Å²) in [6.07, 6.45) is 2.39. The normalized spacial score (nSPS) is 22.3. The number of benzene rings is 1. The van der Waals surface area contributed by atoms with E-state index in [0.717, 1.165) is 6.42 Å². The minimum atomic E-state index is -0.170. The van der Waals surface area contributed by atoms with Crippen LogP contribution in [-0.2, 0) is 16.0 Å². The van der Waals surface area contributed by atoms with E-state index in [1.54, 1.807) is 6.92 Å². The van der Waals surface area contributed by atoms with Gasteiger partial charge in [0.2, 0.25) is 0 Å². The Morgan fingerprint density at radius 3 is 2.71 bits per heavy atom. The Kier molecular flexibility index (Phi) is 2.15. The molecule has 0 radical (unpaired) electrons. The van der Waals surface area contributed by atoms with Gasteiger partial charge in [-0.2, -0.15) is 0 Å². The van der Waals surface area contributed by atoms with Gasteiger partial charge < -0.3 is 0 Å². The van der Waals surface area contributed by atoms with Crippen molar-refractivity contribution in [2.75, 3.05) is 6.54 Å². The lowest BCUT2D eigenvalue weighted by Gasteiger charge is -2.32. The molecule has 0 bridgehead atoms. The summed E-state index contributed by atoms with van der Waals surface area (Å²) >= 11 is 0. The van der Waals surface area contributed by atoms with Crippen LogP contribution in [0, 0.1) is 0 Å². The SMILES string of the molecule is CC1=CC(=O)N(CC2Cc3ccccc32)C1=O. The number of carbonyl (C=O) groups excluding carboxylic acids is 2. The van der Waals surface area contributed by atoms with Crippen LogP contribution in [-0.4, -0.2) is 23.3 Å². The molecule has 0 spiro atoms. The number of imide groups is 1. The van der Waals surface area contributed by atoms with Crippen LogP contribution < -0.4 is 0 Å². The highest BCUT2D eigenvalue weighted by Gasteiger charge is 2.34. The standard InChI is InChI=1S/C14H13NO2/c1-9-6-13(16)15(14(9)17)8-11-7-10-4-2-3-5-12(10)11/h2-6,11H,7-8H2,1H3. The molecule has 86 valence electrons. The summed E-state index contributed by atoms with van der Waals surface area (Å²) in [5.41, 5.74) is 3.15. The first kappa shape index (κ1) is 10.3. The predicted octanol–water partition coefficient (Wildman–Crippen LogP) is 1.64. The molecular weight excluding hydrogens is 214 g/mol. The Bertz CT molecular complexity index is 545. The minimum Gasteiger partial charge on any atom is -0.275 e. The fourth-order valence-corrected chi connectivity index (χ4v) is 2.56.